The molecule has 0 bridgehead atoms. The molecule has 0 fully saturated rings. The molecule has 2 aromatic carbocycles. The molecule has 0 spiro atoms. The van der Waals surface area contributed by atoms with Gasteiger partial charge in [-0.2, -0.15) is 0 Å². The molecular formula is C20H15ClF2N4O. The Morgan fingerprint density at radius 1 is 0.964 bits per heavy atom. The third-order valence-electron chi connectivity index (χ3n) is 4.55. The van der Waals surface area contributed by atoms with E-state index in [9.17, 15) is 8.78 Å². The normalized spacial score (nSPS) is 11.2. The van der Waals surface area contributed by atoms with Crippen LogP contribution in [0.1, 0.15) is 11.3 Å². The Morgan fingerprint density at radius 3 is 2.46 bits per heavy atom. The highest BCUT2D eigenvalue weighted by atomic mass is 35.5. The molecule has 4 aromatic rings. The minimum absolute atomic E-state index is 0.204. The maximum atomic E-state index is 15.0. The lowest BCUT2D eigenvalue weighted by Gasteiger charge is -2.16. The Hall–Kier alpha value is -3.06. The number of nitrogens with zero attached hydrogens (tertiary/aromatic N) is 4. The van der Waals surface area contributed by atoms with Gasteiger partial charge in [-0.05, 0) is 37.6 Å². The smallest absolute Gasteiger partial charge is 0.150 e. The molecule has 0 amide bonds. The molecule has 0 radical (unpaired) electrons. The standard InChI is InChI=1S/C20H15ClF2N4O/c1-10-4-13(28-3)7-14(22)17(10)18-11(2)24-8-25-20(18)27-9-26-16-6-12(21)5-15(23)19(16)27/h4-9H,1-3H3. The fraction of sp³-hybridized carbons (Fsp3) is 0.150. The quantitative estimate of drug-likeness (QED) is 0.483. The van der Waals surface area contributed by atoms with Gasteiger partial charge in [0.2, 0.25) is 0 Å². The lowest BCUT2D eigenvalue weighted by atomic mass is 9.98. The number of hydrogen-bond acceptors (Lipinski definition) is 4. The number of benzene rings is 2. The highest BCUT2D eigenvalue weighted by Crippen LogP contribution is 2.36. The van der Waals surface area contributed by atoms with Crippen molar-refractivity contribution in [1.29, 1.82) is 0 Å². The van der Waals surface area contributed by atoms with Gasteiger partial charge in [0.05, 0.1) is 18.3 Å². The van der Waals surface area contributed by atoms with Crippen molar-refractivity contribution in [2.75, 3.05) is 7.11 Å². The topological polar surface area (TPSA) is 52.8 Å². The predicted molar refractivity (Wildman–Crippen MR) is 103 cm³/mol. The summed E-state index contributed by atoms with van der Waals surface area (Å²) in [5, 5.41) is 0.242. The average Bonchev–Trinajstić information content (AvgIpc) is 3.06. The minimum atomic E-state index is -0.547. The van der Waals surface area contributed by atoms with E-state index in [1.54, 1.807) is 26.0 Å². The van der Waals surface area contributed by atoms with Gasteiger partial charge in [-0.15, -0.1) is 0 Å². The Labute approximate surface area is 164 Å². The molecule has 0 aliphatic heterocycles. The van der Waals surface area contributed by atoms with Crippen LogP contribution in [0, 0.1) is 25.5 Å². The van der Waals surface area contributed by atoms with Gasteiger partial charge in [0.25, 0.3) is 0 Å². The number of imidazole rings is 1. The molecular weight excluding hydrogens is 386 g/mol. The molecule has 5 nitrogen and oxygen atoms in total. The maximum absolute atomic E-state index is 15.0. The van der Waals surface area contributed by atoms with Crippen molar-refractivity contribution >= 4 is 22.6 Å². The molecule has 0 saturated heterocycles. The van der Waals surface area contributed by atoms with Crippen LogP contribution < -0.4 is 4.74 Å². The highest BCUT2D eigenvalue weighted by Gasteiger charge is 2.22. The van der Waals surface area contributed by atoms with E-state index in [1.165, 1.54) is 36.5 Å². The Morgan fingerprint density at radius 2 is 1.75 bits per heavy atom. The molecule has 0 aliphatic carbocycles. The molecule has 2 heterocycles. The summed E-state index contributed by atoms with van der Waals surface area (Å²) < 4.78 is 36.2. The monoisotopic (exact) mass is 400 g/mol. The van der Waals surface area contributed by atoms with Crippen molar-refractivity contribution < 1.29 is 13.5 Å². The summed E-state index contributed by atoms with van der Waals surface area (Å²) in [6.45, 7) is 3.51. The molecule has 8 heteroatoms. The van der Waals surface area contributed by atoms with E-state index in [2.05, 4.69) is 15.0 Å². The number of methoxy groups -OCH3 is 1. The Balaban J connectivity index is 2.05. The second kappa shape index (κ2) is 6.83. The number of rotatable bonds is 3. The first-order valence-electron chi connectivity index (χ1n) is 8.39. The van der Waals surface area contributed by atoms with E-state index >= 15 is 0 Å². The van der Waals surface area contributed by atoms with Gasteiger partial charge < -0.3 is 4.74 Å². The largest absolute Gasteiger partial charge is 0.497 e. The van der Waals surface area contributed by atoms with Gasteiger partial charge >= 0.3 is 0 Å². The van der Waals surface area contributed by atoms with Crippen molar-refractivity contribution in [3.05, 3.63) is 64.8 Å². The number of aromatic nitrogens is 4. The highest BCUT2D eigenvalue weighted by molar-refractivity contribution is 6.31. The summed E-state index contributed by atoms with van der Waals surface area (Å²) in [6.07, 6.45) is 2.79. The summed E-state index contributed by atoms with van der Waals surface area (Å²) in [6, 6.07) is 5.78. The van der Waals surface area contributed by atoms with Gasteiger partial charge in [-0.25, -0.2) is 23.7 Å². The molecule has 0 saturated carbocycles. The Kier molecular flexibility index (Phi) is 4.47. The van der Waals surface area contributed by atoms with Crippen LogP contribution in [0.4, 0.5) is 8.78 Å². The molecule has 0 N–H and O–H groups in total. The number of fused-ring (bicyclic) bond motifs is 1. The van der Waals surface area contributed by atoms with E-state index in [-0.39, 0.29) is 10.5 Å². The predicted octanol–water partition coefficient (Wildman–Crippen LogP) is 5.04. The van der Waals surface area contributed by atoms with Gasteiger partial charge in [-0.1, -0.05) is 11.6 Å². The first-order chi connectivity index (χ1) is 13.4. The van der Waals surface area contributed by atoms with Crippen LogP contribution in [-0.2, 0) is 0 Å². The summed E-state index contributed by atoms with van der Waals surface area (Å²) >= 11 is 5.93. The lowest BCUT2D eigenvalue weighted by Crippen LogP contribution is -2.06. The van der Waals surface area contributed by atoms with Gasteiger partial charge in [-0.3, -0.25) is 4.57 Å². The molecule has 0 unspecified atom stereocenters. The van der Waals surface area contributed by atoms with Crippen molar-refractivity contribution in [2.45, 2.75) is 13.8 Å². The summed E-state index contributed by atoms with van der Waals surface area (Å²) in [5.41, 5.74) is 2.55. The zero-order valence-corrected chi connectivity index (χ0v) is 16.1. The molecule has 28 heavy (non-hydrogen) atoms. The van der Waals surface area contributed by atoms with Gasteiger partial charge in [0.15, 0.2) is 5.82 Å². The number of ether oxygens (including phenoxy) is 1. The number of aryl methyl sites for hydroxylation is 2. The zero-order chi connectivity index (χ0) is 20.0. The fourth-order valence-electron chi connectivity index (χ4n) is 3.31. The van der Waals surface area contributed by atoms with Crippen LogP contribution in [-0.4, -0.2) is 26.6 Å². The third kappa shape index (κ3) is 2.88. The van der Waals surface area contributed by atoms with E-state index in [4.69, 9.17) is 16.3 Å². The Bertz CT molecular complexity index is 1200. The van der Waals surface area contributed by atoms with Crippen LogP contribution in [0.3, 0.4) is 0 Å². The molecule has 0 atom stereocenters. The van der Waals surface area contributed by atoms with Crippen LogP contribution in [0.25, 0.3) is 28.0 Å². The zero-order valence-electron chi connectivity index (χ0n) is 15.3. The third-order valence-corrected chi connectivity index (χ3v) is 4.77. The number of hydrogen-bond donors (Lipinski definition) is 0. The SMILES string of the molecule is COc1cc(C)c(-c2c(C)ncnc2-n2cnc3cc(Cl)cc(F)c32)c(F)c1. The lowest BCUT2D eigenvalue weighted by molar-refractivity contribution is 0.411. The van der Waals surface area contributed by atoms with Crippen LogP contribution in [0.15, 0.2) is 36.9 Å². The fourth-order valence-corrected chi connectivity index (χ4v) is 3.51. The average molecular weight is 401 g/mol. The van der Waals surface area contributed by atoms with Gasteiger partial charge in [0.1, 0.15) is 35.6 Å². The first-order valence-corrected chi connectivity index (χ1v) is 8.77. The van der Waals surface area contributed by atoms with E-state index in [0.29, 0.717) is 39.5 Å². The number of halogens is 3. The summed E-state index contributed by atoms with van der Waals surface area (Å²) in [5.74, 6) is -0.301. The second-order valence-corrected chi connectivity index (χ2v) is 6.77. The molecule has 2 aromatic heterocycles. The first kappa shape index (κ1) is 18.3. The van der Waals surface area contributed by atoms with Gasteiger partial charge in [0, 0.05) is 22.2 Å². The second-order valence-electron chi connectivity index (χ2n) is 6.33. The van der Waals surface area contributed by atoms with Crippen LogP contribution in [0.2, 0.25) is 5.02 Å². The molecule has 4 rings (SSSR count). The van der Waals surface area contributed by atoms with Crippen molar-refractivity contribution in [3.8, 4) is 22.7 Å². The minimum Gasteiger partial charge on any atom is -0.497 e. The van der Waals surface area contributed by atoms with Crippen LogP contribution in [0.5, 0.6) is 5.75 Å². The van der Waals surface area contributed by atoms with Crippen molar-refractivity contribution in [3.63, 3.8) is 0 Å². The van der Waals surface area contributed by atoms with Crippen molar-refractivity contribution in [1.82, 2.24) is 19.5 Å². The van der Waals surface area contributed by atoms with Crippen molar-refractivity contribution in [2.24, 2.45) is 0 Å². The van der Waals surface area contributed by atoms with E-state index in [1.807, 2.05) is 0 Å². The van der Waals surface area contributed by atoms with E-state index in [0.717, 1.165) is 0 Å². The van der Waals surface area contributed by atoms with E-state index < -0.39 is 11.6 Å². The molecule has 0 aliphatic rings. The summed E-state index contributed by atoms with van der Waals surface area (Å²) in [7, 11) is 1.47. The van der Waals surface area contributed by atoms with Crippen LogP contribution >= 0.6 is 11.6 Å². The summed E-state index contributed by atoms with van der Waals surface area (Å²) in [4.78, 5) is 12.7. The maximum Gasteiger partial charge on any atom is 0.150 e. The molecule has 142 valence electrons.